The average molecular weight is 474 g/mol. The quantitative estimate of drug-likeness (QED) is 0.579. The molecule has 9 nitrogen and oxygen atoms in total. The molecule has 2 fully saturated rings. The first kappa shape index (κ1) is 23.0. The second-order valence-corrected chi connectivity index (χ2v) is 9.51. The summed E-state index contributed by atoms with van der Waals surface area (Å²) >= 11 is 0. The van der Waals surface area contributed by atoms with Crippen LogP contribution in [-0.2, 0) is 9.59 Å². The van der Waals surface area contributed by atoms with Gasteiger partial charge < -0.3 is 14.7 Å². The molecule has 4 heterocycles. The predicted octanol–water partition coefficient (Wildman–Crippen LogP) is 2.60. The third kappa shape index (κ3) is 4.38. The Kier molecular flexibility index (Phi) is 6.00. The van der Waals surface area contributed by atoms with Gasteiger partial charge >= 0.3 is 0 Å². The minimum Gasteiger partial charge on any atom is -0.353 e. The number of aryl methyl sites for hydroxylation is 3. The maximum absolute atomic E-state index is 13.3. The molecule has 5 rings (SSSR count). The topological polar surface area (TPSA) is 87.5 Å². The molecule has 9 heteroatoms. The fourth-order valence-corrected chi connectivity index (χ4v) is 4.80. The molecule has 0 aliphatic carbocycles. The van der Waals surface area contributed by atoms with Crippen molar-refractivity contribution in [1.82, 2.24) is 24.4 Å². The van der Waals surface area contributed by atoms with E-state index in [2.05, 4.69) is 26.8 Å². The van der Waals surface area contributed by atoms with Gasteiger partial charge in [0.15, 0.2) is 0 Å². The minimum absolute atomic E-state index is 0.0174. The number of hydrogen-bond acceptors (Lipinski definition) is 6. The first-order chi connectivity index (χ1) is 16.8. The summed E-state index contributed by atoms with van der Waals surface area (Å²) in [5, 5.41) is 0. The maximum atomic E-state index is 13.3. The lowest BCUT2D eigenvalue weighted by atomic mass is 10.1. The van der Waals surface area contributed by atoms with E-state index in [1.807, 2.05) is 54.5 Å². The SMILES string of the molecule is Cc1ccc(N2CC(C(=O)N3CCN(c4cc(-n5cnc(C)c5C)ncn4)CC3)CC2=O)cc1C. The number of aromatic nitrogens is 4. The molecule has 3 aromatic rings. The standard InChI is InChI=1S/C26H31N7O2/c1-17-5-6-22(11-18(17)2)32-14-21(12-25(32)34)26(35)31-9-7-30(8-10-31)23-13-24(28-15-27-23)33-16-29-19(3)20(33)4/h5-6,11,13,15-16,21H,7-10,12,14H2,1-4H3. The number of anilines is 2. The van der Waals surface area contributed by atoms with E-state index in [0.717, 1.165) is 34.3 Å². The van der Waals surface area contributed by atoms with Crippen molar-refractivity contribution in [2.24, 2.45) is 5.92 Å². The van der Waals surface area contributed by atoms with E-state index in [4.69, 9.17) is 0 Å². The number of carbonyl (C=O) groups is 2. The number of benzene rings is 1. The average Bonchev–Trinajstić information content (AvgIpc) is 3.42. The van der Waals surface area contributed by atoms with Crippen LogP contribution in [0.25, 0.3) is 5.82 Å². The zero-order valence-electron chi connectivity index (χ0n) is 20.7. The summed E-state index contributed by atoms with van der Waals surface area (Å²) in [6.45, 7) is 11.1. The van der Waals surface area contributed by atoms with Gasteiger partial charge in [-0.3, -0.25) is 14.2 Å². The number of carbonyl (C=O) groups excluding carboxylic acids is 2. The smallest absolute Gasteiger partial charge is 0.228 e. The van der Waals surface area contributed by atoms with Crippen LogP contribution < -0.4 is 9.80 Å². The summed E-state index contributed by atoms with van der Waals surface area (Å²) in [7, 11) is 0. The zero-order valence-corrected chi connectivity index (χ0v) is 20.7. The highest BCUT2D eigenvalue weighted by atomic mass is 16.2. The second kappa shape index (κ2) is 9.13. The van der Waals surface area contributed by atoms with Crippen molar-refractivity contribution in [2.75, 3.05) is 42.5 Å². The fourth-order valence-electron chi connectivity index (χ4n) is 4.80. The summed E-state index contributed by atoms with van der Waals surface area (Å²) in [6.07, 6.45) is 3.62. The molecule has 0 N–H and O–H groups in total. The molecule has 2 aliphatic heterocycles. The summed E-state index contributed by atoms with van der Waals surface area (Å²) in [5.74, 6) is 1.40. The number of rotatable bonds is 4. The molecule has 2 amide bonds. The minimum atomic E-state index is -0.297. The molecule has 1 aromatic carbocycles. The van der Waals surface area contributed by atoms with E-state index < -0.39 is 0 Å². The molecule has 0 saturated carbocycles. The summed E-state index contributed by atoms with van der Waals surface area (Å²) in [6, 6.07) is 7.98. The first-order valence-electron chi connectivity index (χ1n) is 12.1. The van der Waals surface area contributed by atoms with Gasteiger partial charge in [0.25, 0.3) is 0 Å². The molecule has 0 spiro atoms. The Morgan fingerprint density at radius 2 is 1.66 bits per heavy atom. The van der Waals surface area contributed by atoms with E-state index in [-0.39, 0.29) is 24.2 Å². The van der Waals surface area contributed by atoms with Crippen LogP contribution in [0.3, 0.4) is 0 Å². The summed E-state index contributed by atoms with van der Waals surface area (Å²) in [4.78, 5) is 45.0. The largest absolute Gasteiger partial charge is 0.353 e. The Balaban J connectivity index is 1.22. The van der Waals surface area contributed by atoms with E-state index in [9.17, 15) is 9.59 Å². The van der Waals surface area contributed by atoms with Gasteiger partial charge in [0.05, 0.1) is 11.6 Å². The highest BCUT2D eigenvalue weighted by molar-refractivity contribution is 6.00. The Hall–Kier alpha value is -3.75. The molecular weight excluding hydrogens is 442 g/mol. The zero-order chi connectivity index (χ0) is 24.7. The van der Waals surface area contributed by atoms with Gasteiger partial charge in [-0.25, -0.2) is 15.0 Å². The Labute approximate surface area is 205 Å². The van der Waals surface area contributed by atoms with Crippen molar-refractivity contribution in [3.05, 3.63) is 59.4 Å². The number of amides is 2. The molecule has 182 valence electrons. The van der Waals surface area contributed by atoms with Crippen LogP contribution in [0.5, 0.6) is 0 Å². The fraction of sp³-hybridized carbons (Fsp3) is 0.423. The molecule has 2 aliphatic rings. The predicted molar refractivity (Wildman–Crippen MR) is 134 cm³/mol. The molecule has 1 unspecified atom stereocenters. The number of imidazole rings is 1. The first-order valence-corrected chi connectivity index (χ1v) is 12.1. The Bertz CT molecular complexity index is 1280. The van der Waals surface area contributed by atoms with Crippen molar-refractivity contribution < 1.29 is 9.59 Å². The van der Waals surface area contributed by atoms with Crippen molar-refractivity contribution in [3.8, 4) is 5.82 Å². The van der Waals surface area contributed by atoms with Crippen molar-refractivity contribution in [3.63, 3.8) is 0 Å². The lowest BCUT2D eigenvalue weighted by molar-refractivity contribution is -0.136. The van der Waals surface area contributed by atoms with Crippen LogP contribution >= 0.6 is 0 Å². The van der Waals surface area contributed by atoms with Crippen molar-refractivity contribution in [1.29, 1.82) is 0 Å². The van der Waals surface area contributed by atoms with Crippen LogP contribution in [0.1, 0.15) is 28.9 Å². The van der Waals surface area contributed by atoms with E-state index >= 15 is 0 Å². The van der Waals surface area contributed by atoms with Crippen LogP contribution in [-0.4, -0.2) is 69.0 Å². The number of piperazine rings is 1. The lowest BCUT2D eigenvalue weighted by Crippen LogP contribution is -2.51. The Morgan fingerprint density at radius 3 is 2.34 bits per heavy atom. The van der Waals surface area contributed by atoms with Crippen molar-refractivity contribution in [2.45, 2.75) is 34.1 Å². The van der Waals surface area contributed by atoms with Gasteiger partial charge in [-0.05, 0) is 51.0 Å². The van der Waals surface area contributed by atoms with Crippen LogP contribution in [0.4, 0.5) is 11.5 Å². The van der Waals surface area contributed by atoms with Gasteiger partial charge in [-0.2, -0.15) is 0 Å². The molecule has 2 aromatic heterocycles. The molecule has 0 radical (unpaired) electrons. The van der Waals surface area contributed by atoms with Crippen LogP contribution in [0.15, 0.2) is 36.9 Å². The highest BCUT2D eigenvalue weighted by Gasteiger charge is 2.38. The molecule has 2 saturated heterocycles. The number of nitrogens with zero attached hydrogens (tertiary/aromatic N) is 7. The van der Waals surface area contributed by atoms with Crippen LogP contribution in [0.2, 0.25) is 0 Å². The Morgan fingerprint density at radius 1 is 0.914 bits per heavy atom. The normalized spacial score (nSPS) is 18.5. The van der Waals surface area contributed by atoms with Gasteiger partial charge in [-0.1, -0.05) is 6.07 Å². The monoisotopic (exact) mass is 473 g/mol. The summed E-state index contributed by atoms with van der Waals surface area (Å²) < 4.78 is 1.96. The van der Waals surface area contributed by atoms with Crippen LogP contribution in [0, 0.1) is 33.6 Å². The summed E-state index contributed by atoms with van der Waals surface area (Å²) in [5.41, 5.74) is 5.23. The third-order valence-electron chi connectivity index (χ3n) is 7.33. The molecule has 35 heavy (non-hydrogen) atoms. The van der Waals surface area contributed by atoms with E-state index in [1.54, 1.807) is 17.6 Å². The van der Waals surface area contributed by atoms with Gasteiger partial charge in [0, 0.05) is 56.6 Å². The highest BCUT2D eigenvalue weighted by Crippen LogP contribution is 2.28. The maximum Gasteiger partial charge on any atom is 0.228 e. The second-order valence-electron chi connectivity index (χ2n) is 9.51. The van der Waals surface area contributed by atoms with E-state index in [0.29, 0.717) is 32.7 Å². The van der Waals surface area contributed by atoms with Gasteiger partial charge in [-0.15, -0.1) is 0 Å². The molecule has 1 atom stereocenters. The van der Waals surface area contributed by atoms with E-state index in [1.165, 1.54) is 5.56 Å². The van der Waals surface area contributed by atoms with Gasteiger partial charge in [0.1, 0.15) is 24.3 Å². The lowest BCUT2D eigenvalue weighted by Gasteiger charge is -2.36. The van der Waals surface area contributed by atoms with Crippen molar-refractivity contribution >= 4 is 23.3 Å². The van der Waals surface area contributed by atoms with Gasteiger partial charge in [0.2, 0.25) is 11.8 Å². The molecular formula is C26H31N7O2. The number of hydrogen-bond donors (Lipinski definition) is 0. The molecule has 0 bridgehead atoms. The third-order valence-corrected chi connectivity index (χ3v) is 7.33.